The van der Waals surface area contributed by atoms with Gasteiger partial charge >= 0.3 is 0 Å². The van der Waals surface area contributed by atoms with Crippen molar-refractivity contribution in [2.24, 2.45) is 0 Å². The molecule has 4 heteroatoms. The van der Waals surface area contributed by atoms with Crippen LogP contribution in [-0.2, 0) is 0 Å². The third-order valence-corrected chi connectivity index (χ3v) is 4.23. The highest BCUT2D eigenvalue weighted by atomic mass is 79.9. The Morgan fingerprint density at radius 3 is 2.70 bits per heavy atom. The number of halogens is 2. The van der Waals surface area contributed by atoms with Crippen molar-refractivity contribution in [3.05, 3.63) is 64.1 Å². The summed E-state index contributed by atoms with van der Waals surface area (Å²) >= 11 is 3.36. The van der Waals surface area contributed by atoms with Crippen LogP contribution in [-0.4, -0.2) is 11.5 Å². The number of hydrogen-bond donors (Lipinski definition) is 1. The van der Waals surface area contributed by atoms with Crippen LogP contribution in [0.5, 0.6) is 0 Å². The molecule has 0 aliphatic carbocycles. The first-order valence-electron chi connectivity index (χ1n) is 6.73. The minimum Gasteiger partial charge on any atom is -0.310 e. The summed E-state index contributed by atoms with van der Waals surface area (Å²) in [5.41, 5.74) is 1.92. The average molecular weight is 337 g/mol. The summed E-state index contributed by atoms with van der Waals surface area (Å²) < 4.78 is 14.3. The first-order valence-corrected chi connectivity index (χ1v) is 7.52. The van der Waals surface area contributed by atoms with Crippen LogP contribution >= 0.6 is 15.9 Å². The Morgan fingerprint density at radius 2 is 2.05 bits per heavy atom. The van der Waals surface area contributed by atoms with E-state index in [4.69, 9.17) is 0 Å². The molecule has 0 saturated carbocycles. The Hall–Kier alpha value is -1.26. The van der Waals surface area contributed by atoms with Crippen LogP contribution in [0.3, 0.4) is 0 Å². The number of benzene rings is 1. The van der Waals surface area contributed by atoms with E-state index in [9.17, 15) is 4.39 Å². The van der Waals surface area contributed by atoms with Gasteiger partial charge < -0.3 is 5.32 Å². The molecule has 0 spiro atoms. The van der Waals surface area contributed by atoms with Gasteiger partial charge in [-0.15, -0.1) is 0 Å². The third kappa shape index (κ3) is 3.25. The van der Waals surface area contributed by atoms with Crippen molar-refractivity contribution in [2.45, 2.75) is 25.8 Å². The molecule has 0 aliphatic rings. The maximum absolute atomic E-state index is 13.8. The van der Waals surface area contributed by atoms with Gasteiger partial charge in [-0.05, 0) is 46.2 Å². The summed E-state index contributed by atoms with van der Waals surface area (Å²) in [4.78, 5) is 4.41. The van der Waals surface area contributed by atoms with Crippen molar-refractivity contribution >= 4 is 15.9 Å². The van der Waals surface area contributed by atoms with E-state index in [1.165, 1.54) is 6.07 Å². The van der Waals surface area contributed by atoms with Gasteiger partial charge in [0.2, 0.25) is 0 Å². The summed E-state index contributed by atoms with van der Waals surface area (Å²) in [5, 5.41) is 3.43. The molecule has 0 bridgehead atoms. The molecule has 106 valence electrons. The molecule has 0 amide bonds. The van der Waals surface area contributed by atoms with Gasteiger partial charge in [0.25, 0.3) is 0 Å². The second kappa shape index (κ2) is 6.95. The fourth-order valence-electron chi connectivity index (χ4n) is 2.35. The van der Waals surface area contributed by atoms with Gasteiger partial charge in [0.05, 0.1) is 4.47 Å². The monoisotopic (exact) mass is 336 g/mol. The number of aromatic nitrogens is 1. The van der Waals surface area contributed by atoms with Crippen molar-refractivity contribution in [3.8, 4) is 0 Å². The Labute approximate surface area is 127 Å². The molecule has 0 fully saturated rings. The van der Waals surface area contributed by atoms with E-state index in [0.29, 0.717) is 4.47 Å². The lowest BCUT2D eigenvalue weighted by atomic mass is 9.91. The van der Waals surface area contributed by atoms with Gasteiger partial charge in [0, 0.05) is 23.9 Å². The molecule has 2 aromatic rings. The lowest BCUT2D eigenvalue weighted by Crippen LogP contribution is -2.26. The molecule has 0 radical (unpaired) electrons. The highest BCUT2D eigenvalue weighted by molar-refractivity contribution is 9.10. The van der Waals surface area contributed by atoms with E-state index in [1.54, 1.807) is 12.3 Å². The Balaban J connectivity index is 2.38. The predicted molar refractivity (Wildman–Crippen MR) is 83.2 cm³/mol. The number of rotatable bonds is 5. The van der Waals surface area contributed by atoms with Crippen molar-refractivity contribution in [1.29, 1.82) is 0 Å². The summed E-state index contributed by atoms with van der Waals surface area (Å²) in [6.07, 6.45) is 1.79. The van der Waals surface area contributed by atoms with Gasteiger partial charge in [-0.25, -0.2) is 4.39 Å². The topological polar surface area (TPSA) is 24.9 Å². The summed E-state index contributed by atoms with van der Waals surface area (Å²) in [6.45, 7) is 4.96. The molecular weight excluding hydrogens is 319 g/mol. The Morgan fingerprint density at radius 1 is 1.25 bits per heavy atom. The highest BCUT2D eigenvalue weighted by Crippen LogP contribution is 2.34. The number of hydrogen-bond acceptors (Lipinski definition) is 2. The maximum Gasteiger partial charge on any atom is 0.137 e. The SMILES string of the molecule is CCNC(c1cccc(F)c1Br)C(C)c1ccccn1. The average Bonchev–Trinajstić information content (AvgIpc) is 2.48. The summed E-state index contributed by atoms with van der Waals surface area (Å²) in [5.74, 6) is -0.0899. The number of nitrogens with one attached hydrogen (secondary N) is 1. The molecule has 2 nitrogen and oxygen atoms in total. The molecule has 1 aromatic carbocycles. The van der Waals surface area contributed by atoms with Crippen LogP contribution in [0, 0.1) is 5.82 Å². The van der Waals surface area contributed by atoms with Crippen LogP contribution in [0.2, 0.25) is 0 Å². The van der Waals surface area contributed by atoms with E-state index in [2.05, 4.69) is 33.2 Å². The first-order chi connectivity index (χ1) is 9.65. The van der Waals surface area contributed by atoms with Crippen LogP contribution in [0.15, 0.2) is 47.1 Å². The molecule has 2 rings (SSSR count). The fourth-order valence-corrected chi connectivity index (χ4v) is 2.86. The quantitative estimate of drug-likeness (QED) is 0.873. The Kier molecular flexibility index (Phi) is 5.26. The minimum absolute atomic E-state index is 0.0139. The van der Waals surface area contributed by atoms with Crippen LogP contribution in [0.4, 0.5) is 4.39 Å². The largest absolute Gasteiger partial charge is 0.310 e. The molecule has 2 atom stereocenters. The Bertz CT molecular complexity index is 560. The van der Waals surface area contributed by atoms with Crippen LogP contribution < -0.4 is 5.32 Å². The number of nitrogens with zero attached hydrogens (tertiary/aromatic N) is 1. The van der Waals surface area contributed by atoms with Gasteiger partial charge in [-0.3, -0.25) is 4.98 Å². The normalized spacial score (nSPS) is 14.0. The van der Waals surface area contributed by atoms with Gasteiger partial charge in [0.1, 0.15) is 5.82 Å². The van der Waals surface area contributed by atoms with E-state index in [1.807, 2.05) is 31.2 Å². The molecule has 1 heterocycles. The lowest BCUT2D eigenvalue weighted by molar-refractivity contribution is 0.467. The minimum atomic E-state index is -0.237. The van der Waals surface area contributed by atoms with Crippen LogP contribution in [0.25, 0.3) is 0 Å². The second-order valence-electron chi connectivity index (χ2n) is 4.72. The van der Waals surface area contributed by atoms with Gasteiger partial charge in [-0.1, -0.05) is 32.0 Å². The molecule has 20 heavy (non-hydrogen) atoms. The molecule has 1 N–H and O–H groups in total. The summed E-state index contributed by atoms with van der Waals surface area (Å²) in [6, 6.07) is 11.0. The molecule has 2 unspecified atom stereocenters. The van der Waals surface area contributed by atoms with E-state index >= 15 is 0 Å². The van der Waals surface area contributed by atoms with Gasteiger partial charge in [0.15, 0.2) is 0 Å². The maximum atomic E-state index is 13.8. The highest BCUT2D eigenvalue weighted by Gasteiger charge is 2.23. The zero-order chi connectivity index (χ0) is 14.5. The zero-order valence-electron chi connectivity index (χ0n) is 11.6. The van der Waals surface area contributed by atoms with Crippen LogP contribution in [0.1, 0.15) is 37.1 Å². The summed E-state index contributed by atoms with van der Waals surface area (Å²) in [7, 11) is 0. The van der Waals surface area contributed by atoms with Gasteiger partial charge in [-0.2, -0.15) is 0 Å². The molecule has 0 aliphatic heterocycles. The van der Waals surface area contributed by atoms with Crippen molar-refractivity contribution < 1.29 is 4.39 Å². The molecule has 0 saturated heterocycles. The number of likely N-dealkylation sites (N-methyl/N-ethyl adjacent to an activating group) is 1. The van der Waals surface area contributed by atoms with E-state index in [-0.39, 0.29) is 17.8 Å². The molecular formula is C16H18BrFN2. The molecule has 1 aromatic heterocycles. The smallest absolute Gasteiger partial charge is 0.137 e. The van der Waals surface area contributed by atoms with E-state index in [0.717, 1.165) is 17.8 Å². The number of pyridine rings is 1. The van der Waals surface area contributed by atoms with Crippen molar-refractivity contribution in [2.75, 3.05) is 6.54 Å². The predicted octanol–water partition coefficient (Wildman–Crippen LogP) is 4.44. The standard InChI is InChI=1S/C16H18BrFN2/c1-3-19-16(11(2)14-9-4-5-10-20-14)12-7-6-8-13(18)15(12)17/h4-11,16,19H,3H2,1-2H3. The van der Waals surface area contributed by atoms with Crippen molar-refractivity contribution in [3.63, 3.8) is 0 Å². The zero-order valence-corrected chi connectivity index (χ0v) is 13.2. The fraction of sp³-hybridized carbons (Fsp3) is 0.312. The van der Waals surface area contributed by atoms with Crippen molar-refractivity contribution in [1.82, 2.24) is 10.3 Å². The lowest BCUT2D eigenvalue weighted by Gasteiger charge is -2.26. The first kappa shape index (κ1) is 15.1. The second-order valence-corrected chi connectivity index (χ2v) is 5.51. The third-order valence-electron chi connectivity index (χ3n) is 3.39. The van der Waals surface area contributed by atoms with E-state index < -0.39 is 0 Å².